The molecule has 1 unspecified atom stereocenters. The highest BCUT2D eigenvalue weighted by Crippen LogP contribution is 2.23. The van der Waals surface area contributed by atoms with Gasteiger partial charge in [0.25, 0.3) is 0 Å². The fourth-order valence-electron chi connectivity index (χ4n) is 1.52. The third-order valence-electron chi connectivity index (χ3n) is 2.55. The average Bonchev–Trinajstić information content (AvgIpc) is 2.40. The molecule has 108 valence electrons. The number of aliphatic hydroxyl groups is 1. The molecule has 1 rings (SSSR count). The quantitative estimate of drug-likeness (QED) is 0.508. The van der Waals surface area contributed by atoms with Crippen LogP contribution in [0.3, 0.4) is 0 Å². The standard InChI is InChI=1S/C11H19N3O4S/c1-13-19(16,17)9-3-4-11(10(12)5-9)14-8(6-15)7-18-2/h3-5,8,13-15H,6-7,12H2,1-2H3. The van der Waals surface area contributed by atoms with E-state index in [0.29, 0.717) is 12.3 Å². The molecule has 1 atom stereocenters. The molecule has 0 aliphatic carbocycles. The highest BCUT2D eigenvalue weighted by atomic mass is 32.2. The molecule has 7 nitrogen and oxygen atoms in total. The molecule has 5 N–H and O–H groups in total. The highest BCUT2D eigenvalue weighted by molar-refractivity contribution is 7.89. The summed E-state index contributed by atoms with van der Waals surface area (Å²) in [5.74, 6) is 0. The number of ether oxygens (including phenoxy) is 1. The van der Waals surface area contributed by atoms with Gasteiger partial charge in [-0.3, -0.25) is 0 Å². The molecule has 0 aromatic heterocycles. The number of benzene rings is 1. The number of nitrogens with two attached hydrogens (primary N) is 1. The SMILES string of the molecule is CNS(=O)(=O)c1ccc(NC(CO)COC)c(N)c1. The Morgan fingerprint density at radius 1 is 1.47 bits per heavy atom. The zero-order chi connectivity index (χ0) is 14.5. The summed E-state index contributed by atoms with van der Waals surface area (Å²) in [5, 5.41) is 12.1. The van der Waals surface area contributed by atoms with E-state index in [1.807, 2.05) is 0 Å². The third kappa shape index (κ3) is 4.06. The minimum absolute atomic E-state index is 0.0883. The number of aliphatic hydroxyl groups excluding tert-OH is 1. The van der Waals surface area contributed by atoms with E-state index >= 15 is 0 Å². The van der Waals surface area contributed by atoms with Gasteiger partial charge in [-0.25, -0.2) is 13.1 Å². The van der Waals surface area contributed by atoms with E-state index in [4.69, 9.17) is 15.6 Å². The number of nitrogens with one attached hydrogen (secondary N) is 2. The summed E-state index contributed by atoms with van der Waals surface area (Å²) in [6, 6.07) is 4.04. The first kappa shape index (κ1) is 15.7. The first-order valence-corrected chi connectivity index (χ1v) is 7.12. The van der Waals surface area contributed by atoms with Crippen molar-refractivity contribution in [2.24, 2.45) is 0 Å². The number of anilines is 2. The molecule has 0 spiro atoms. The Morgan fingerprint density at radius 3 is 2.63 bits per heavy atom. The minimum Gasteiger partial charge on any atom is -0.397 e. The van der Waals surface area contributed by atoms with Gasteiger partial charge in [0.2, 0.25) is 10.0 Å². The number of rotatable bonds is 7. The number of sulfonamides is 1. The summed E-state index contributed by atoms with van der Waals surface area (Å²) >= 11 is 0. The summed E-state index contributed by atoms with van der Waals surface area (Å²) in [6.07, 6.45) is 0. The summed E-state index contributed by atoms with van der Waals surface area (Å²) in [4.78, 5) is 0.0883. The fraction of sp³-hybridized carbons (Fsp3) is 0.455. The van der Waals surface area contributed by atoms with Crippen LogP contribution in [0.25, 0.3) is 0 Å². The van der Waals surface area contributed by atoms with E-state index in [-0.39, 0.29) is 23.2 Å². The molecule has 8 heteroatoms. The summed E-state index contributed by atoms with van der Waals surface area (Å²) < 4.78 is 30.3. The Hall–Kier alpha value is -1.35. The Kier molecular flexibility index (Phi) is 5.55. The molecule has 0 aliphatic rings. The zero-order valence-corrected chi connectivity index (χ0v) is 11.7. The van der Waals surface area contributed by atoms with Crippen molar-refractivity contribution in [1.82, 2.24) is 4.72 Å². The molecule has 0 amide bonds. The lowest BCUT2D eigenvalue weighted by atomic mass is 10.2. The van der Waals surface area contributed by atoms with Crippen LogP contribution in [0.1, 0.15) is 0 Å². The van der Waals surface area contributed by atoms with Gasteiger partial charge in [0.1, 0.15) is 0 Å². The van der Waals surface area contributed by atoms with Crippen molar-refractivity contribution < 1.29 is 18.3 Å². The largest absolute Gasteiger partial charge is 0.397 e. The van der Waals surface area contributed by atoms with Gasteiger partial charge in [0.05, 0.1) is 35.5 Å². The third-order valence-corrected chi connectivity index (χ3v) is 3.96. The first-order valence-electron chi connectivity index (χ1n) is 5.64. The van der Waals surface area contributed by atoms with Crippen molar-refractivity contribution in [2.45, 2.75) is 10.9 Å². The maximum absolute atomic E-state index is 11.6. The zero-order valence-electron chi connectivity index (χ0n) is 10.9. The Morgan fingerprint density at radius 2 is 2.16 bits per heavy atom. The molecule has 1 aromatic carbocycles. The molecule has 0 aliphatic heterocycles. The van der Waals surface area contributed by atoms with Gasteiger partial charge in [-0.15, -0.1) is 0 Å². The van der Waals surface area contributed by atoms with E-state index in [1.54, 1.807) is 6.07 Å². The highest BCUT2D eigenvalue weighted by Gasteiger charge is 2.14. The van der Waals surface area contributed by atoms with Gasteiger partial charge in [0.15, 0.2) is 0 Å². The van der Waals surface area contributed by atoms with Crippen molar-refractivity contribution in [3.8, 4) is 0 Å². The van der Waals surface area contributed by atoms with Crippen LogP contribution in [0.4, 0.5) is 11.4 Å². The van der Waals surface area contributed by atoms with Crippen LogP contribution in [0.2, 0.25) is 0 Å². The maximum atomic E-state index is 11.6. The number of nitrogen functional groups attached to an aromatic ring is 1. The Bertz CT molecular complexity index is 519. The minimum atomic E-state index is -3.51. The normalized spacial score (nSPS) is 13.2. The molecule has 0 bridgehead atoms. The van der Waals surface area contributed by atoms with E-state index in [0.717, 1.165) is 0 Å². The molecule has 0 heterocycles. The lowest BCUT2D eigenvalue weighted by Gasteiger charge is -2.18. The summed E-state index contributed by atoms with van der Waals surface area (Å²) in [5.41, 5.74) is 6.63. The lowest BCUT2D eigenvalue weighted by Crippen LogP contribution is -2.29. The molecular formula is C11H19N3O4S. The van der Waals surface area contributed by atoms with Gasteiger partial charge in [-0.1, -0.05) is 0 Å². The van der Waals surface area contributed by atoms with Crippen molar-refractivity contribution in [3.05, 3.63) is 18.2 Å². The number of methoxy groups -OCH3 is 1. The van der Waals surface area contributed by atoms with Gasteiger partial charge < -0.3 is 20.9 Å². The van der Waals surface area contributed by atoms with Crippen LogP contribution < -0.4 is 15.8 Å². The molecule has 0 fully saturated rings. The van der Waals surface area contributed by atoms with Crippen LogP contribution in [-0.4, -0.2) is 46.9 Å². The molecule has 0 saturated heterocycles. The Labute approximate surface area is 112 Å². The second-order valence-corrected chi connectivity index (χ2v) is 5.82. The monoisotopic (exact) mass is 289 g/mol. The average molecular weight is 289 g/mol. The van der Waals surface area contributed by atoms with E-state index in [2.05, 4.69) is 10.0 Å². The lowest BCUT2D eigenvalue weighted by molar-refractivity contribution is 0.153. The molecule has 19 heavy (non-hydrogen) atoms. The van der Waals surface area contributed by atoms with Crippen LogP contribution in [0.5, 0.6) is 0 Å². The summed E-state index contributed by atoms with van der Waals surface area (Å²) in [7, 11) is -0.658. The summed E-state index contributed by atoms with van der Waals surface area (Å²) in [6.45, 7) is 0.191. The van der Waals surface area contributed by atoms with Gasteiger partial charge >= 0.3 is 0 Å². The first-order chi connectivity index (χ1) is 8.94. The van der Waals surface area contributed by atoms with Crippen LogP contribution >= 0.6 is 0 Å². The fourth-order valence-corrected chi connectivity index (χ4v) is 2.28. The number of hydrogen-bond acceptors (Lipinski definition) is 6. The molecule has 1 aromatic rings. The van der Waals surface area contributed by atoms with Crippen LogP contribution in [0.15, 0.2) is 23.1 Å². The second kappa shape index (κ2) is 6.71. The van der Waals surface area contributed by atoms with Gasteiger partial charge in [-0.2, -0.15) is 0 Å². The smallest absolute Gasteiger partial charge is 0.240 e. The Balaban J connectivity index is 2.95. The predicted octanol–water partition coefficient (Wildman–Crippen LogP) is -0.404. The van der Waals surface area contributed by atoms with Crippen LogP contribution in [0, 0.1) is 0 Å². The van der Waals surface area contributed by atoms with E-state index < -0.39 is 10.0 Å². The van der Waals surface area contributed by atoms with Crippen molar-refractivity contribution in [3.63, 3.8) is 0 Å². The molecule has 0 saturated carbocycles. The second-order valence-electron chi connectivity index (χ2n) is 3.94. The van der Waals surface area contributed by atoms with Gasteiger partial charge in [-0.05, 0) is 25.2 Å². The predicted molar refractivity (Wildman–Crippen MR) is 73.5 cm³/mol. The molecular weight excluding hydrogens is 270 g/mol. The maximum Gasteiger partial charge on any atom is 0.240 e. The van der Waals surface area contributed by atoms with Gasteiger partial charge in [0, 0.05) is 7.11 Å². The van der Waals surface area contributed by atoms with Crippen molar-refractivity contribution in [1.29, 1.82) is 0 Å². The van der Waals surface area contributed by atoms with E-state index in [1.165, 1.54) is 26.3 Å². The van der Waals surface area contributed by atoms with Crippen LogP contribution in [-0.2, 0) is 14.8 Å². The van der Waals surface area contributed by atoms with E-state index in [9.17, 15) is 8.42 Å². The number of hydrogen-bond donors (Lipinski definition) is 4. The van der Waals surface area contributed by atoms with Crippen molar-refractivity contribution >= 4 is 21.4 Å². The van der Waals surface area contributed by atoms with Crippen molar-refractivity contribution in [2.75, 3.05) is 38.4 Å². The topological polar surface area (TPSA) is 114 Å². The molecule has 0 radical (unpaired) electrons.